The van der Waals surface area contributed by atoms with E-state index in [4.69, 9.17) is 9.40 Å². The molecule has 0 saturated carbocycles. The number of benzene rings is 2. The van der Waals surface area contributed by atoms with Crippen LogP contribution in [-0.4, -0.2) is 36.7 Å². The average Bonchev–Trinajstić information content (AvgIpc) is 3.56. The number of halogens is 1. The van der Waals surface area contributed by atoms with Crippen molar-refractivity contribution in [1.82, 2.24) is 9.29 Å². The van der Waals surface area contributed by atoms with Gasteiger partial charge in [0, 0.05) is 13.1 Å². The van der Waals surface area contributed by atoms with E-state index in [1.54, 1.807) is 23.3 Å². The summed E-state index contributed by atoms with van der Waals surface area (Å²) in [6, 6.07) is 14.4. The molecule has 0 aliphatic carbocycles. The molecule has 2 aromatic heterocycles. The largest absolute Gasteiger partial charge is 0.467 e. The number of amides is 1. The molecular formula is C26H26FN3O4S2. The lowest BCUT2D eigenvalue weighted by molar-refractivity contribution is -0.123. The first-order valence-corrected chi connectivity index (χ1v) is 14.1. The molecule has 2 aromatic carbocycles. The highest BCUT2D eigenvalue weighted by Crippen LogP contribution is 2.33. The highest BCUT2D eigenvalue weighted by atomic mass is 32.2. The van der Waals surface area contributed by atoms with E-state index in [2.05, 4.69) is 13.0 Å². The van der Waals surface area contributed by atoms with Crippen molar-refractivity contribution in [3.63, 3.8) is 0 Å². The van der Waals surface area contributed by atoms with E-state index in [0.717, 1.165) is 28.8 Å². The zero-order chi connectivity index (χ0) is 25.3. The normalized spacial score (nSPS) is 16.9. The Morgan fingerprint density at radius 2 is 2.03 bits per heavy atom. The summed E-state index contributed by atoms with van der Waals surface area (Å²) in [4.78, 5) is 20.2. The molecule has 0 radical (unpaired) electrons. The zero-order valence-electron chi connectivity index (χ0n) is 19.8. The molecule has 0 bridgehead atoms. The van der Waals surface area contributed by atoms with Crippen molar-refractivity contribution in [1.29, 1.82) is 0 Å². The van der Waals surface area contributed by atoms with Gasteiger partial charge >= 0.3 is 0 Å². The van der Waals surface area contributed by atoms with E-state index in [1.807, 2.05) is 12.1 Å². The van der Waals surface area contributed by atoms with Gasteiger partial charge in [-0.1, -0.05) is 24.3 Å². The van der Waals surface area contributed by atoms with Crippen molar-refractivity contribution in [2.24, 2.45) is 5.92 Å². The number of hydrogen-bond acceptors (Lipinski definition) is 6. The smallest absolute Gasteiger partial charge is 0.243 e. The second kappa shape index (κ2) is 10.1. The first kappa shape index (κ1) is 24.6. The topological polar surface area (TPSA) is 83.7 Å². The minimum atomic E-state index is -3.85. The van der Waals surface area contributed by atoms with Gasteiger partial charge in [0.15, 0.2) is 5.13 Å². The number of aryl methyl sites for hydroxylation is 1. The van der Waals surface area contributed by atoms with Crippen molar-refractivity contribution in [3.05, 3.63) is 78.0 Å². The highest BCUT2D eigenvalue weighted by molar-refractivity contribution is 7.89. The standard InChI is InChI=1S/C26H26FN3O4S2/c1-2-18-7-12-23-24(15-18)35-26(28-23)30(17-21-6-4-14-34-21)25(31)19-5-3-13-29(16-19)36(32,33)22-10-8-20(27)9-11-22/h4,6-12,14-15,19H,2-3,5,13,16-17H2,1H3. The molecule has 10 heteroatoms. The van der Waals surface area contributed by atoms with Gasteiger partial charge in [0.1, 0.15) is 11.6 Å². The van der Waals surface area contributed by atoms with Crippen LogP contribution in [0, 0.1) is 11.7 Å². The summed E-state index contributed by atoms with van der Waals surface area (Å²) in [6.45, 7) is 2.65. The van der Waals surface area contributed by atoms with Gasteiger partial charge in [0.05, 0.1) is 33.8 Å². The predicted octanol–water partition coefficient (Wildman–Crippen LogP) is 5.22. The first-order valence-electron chi connectivity index (χ1n) is 11.8. The van der Waals surface area contributed by atoms with Gasteiger partial charge in [0.25, 0.3) is 0 Å². The molecule has 36 heavy (non-hydrogen) atoms. The molecule has 1 saturated heterocycles. The lowest BCUT2D eigenvalue weighted by Gasteiger charge is -2.33. The van der Waals surface area contributed by atoms with Crippen LogP contribution in [0.5, 0.6) is 0 Å². The third kappa shape index (κ3) is 4.93. The summed E-state index contributed by atoms with van der Waals surface area (Å²) >= 11 is 1.44. The van der Waals surface area contributed by atoms with Crippen LogP contribution < -0.4 is 4.90 Å². The quantitative estimate of drug-likeness (QED) is 0.329. The number of piperidine rings is 1. The second-order valence-electron chi connectivity index (χ2n) is 8.81. The number of carbonyl (C=O) groups excluding carboxylic acids is 1. The molecule has 0 N–H and O–H groups in total. The van der Waals surface area contributed by atoms with Crippen LogP contribution >= 0.6 is 11.3 Å². The molecule has 1 amide bonds. The van der Waals surface area contributed by atoms with Crippen molar-refractivity contribution in [2.45, 2.75) is 37.6 Å². The Labute approximate surface area is 213 Å². The van der Waals surface area contributed by atoms with E-state index in [0.29, 0.717) is 30.3 Å². The molecule has 1 unspecified atom stereocenters. The summed E-state index contributed by atoms with van der Waals surface area (Å²) < 4.78 is 47.6. The summed E-state index contributed by atoms with van der Waals surface area (Å²) in [7, 11) is -3.85. The lowest BCUT2D eigenvalue weighted by Crippen LogP contribution is -2.46. The van der Waals surface area contributed by atoms with Gasteiger partial charge in [-0.3, -0.25) is 9.69 Å². The fourth-order valence-electron chi connectivity index (χ4n) is 4.43. The van der Waals surface area contributed by atoms with Crippen LogP contribution in [0.4, 0.5) is 9.52 Å². The average molecular weight is 528 g/mol. The van der Waals surface area contributed by atoms with Crippen molar-refractivity contribution >= 4 is 42.6 Å². The van der Waals surface area contributed by atoms with Gasteiger partial charge < -0.3 is 4.42 Å². The fraction of sp³-hybridized carbons (Fsp3) is 0.308. The van der Waals surface area contributed by atoms with Crippen LogP contribution in [0.1, 0.15) is 31.1 Å². The number of nitrogens with zero attached hydrogens (tertiary/aromatic N) is 3. The third-order valence-corrected chi connectivity index (χ3v) is 9.35. The predicted molar refractivity (Wildman–Crippen MR) is 137 cm³/mol. The summed E-state index contributed by atoms with van der Waals surface area (Å²) in [6.07, 6.45) is 3.57. The van der Waals surface area contributed by atoms with Gasteiger partial charge in [-0.2, -0.15) is 4.31 Å². The molecule has 1 aliphatic rings. The van der Waals surface area contributed by atoms with Gasteiger partial charge in [-0.15, -0.1) is 0 Å². The Morgan fingerprint density at radius 1 is 1.22 bits per heavy atom. The monoisotopic (exact) mass is 527 g/mol. The minimum absolute atomic E-state index is 0.0161. The van der Waals surface area contributed by atoms with Crippen molar-refractivity contribution in [2.75, 3.05) is 18.0 Å². The van der Waals surface area contributed by atoms with Gasteiger partial charge in [-0.25, -0.2) is 17.8 Å². The number of rotatable bonds is 7. The van der Waals surface area contributed by atoms with Crippen LogP contribution in [0.25, 0.3) is 10.2 Å². The molecular weight excluding hydrogens is 501 g/mol. The fourth-order valence-corrected chi connectivity index (χ4v) is 6.99. The Hall–Kier alpha value is -3.08. The van der Waals surface area contributed by atoms with E-state index < -0.39 is 21.8 Å². The molecule has 1 aliphatic heterocycles. The van der Waals surface area contributed by atoms with Gasteiger partial charge in [0.2, 0.25) is 15.9 Å². The Morgan fingerprint density at radius 3 is 2.75 bits per heavy atom. The summed E-state index contributed by atoms with van der Waals surface area (Å²) in [5, 5.41) is 0.554. The molecule has 3 heterocycles. The maximum Gasteiger partial charge on any atom is 0.243 e. The molecule has 1 atom stereocenters. The maximum absolute atomic E-state index is 13.9. The zero-order valence-corrected chi connectivity index (χ0v) is 21.4. The third-order valence-electron chi connectivity index (χ3n) is 6.43. The maximum atomic E-state index is 13.9. The van der Waals surface area contributed by atoms with Crippen LogP contribution in [0.15, 0.2) is 70.2 Å². The van der Waals surface area contributed by atoms with Crippen LogP contribution in [0.3, 0.4) is 0 Å². The number of hydrogen-bond donors (Lipinski definition) is 0. The van der Waals surface area contributed by atoms with E-state index >= 15 is 0 Å². The molecule has 7 nitrogen and oxygen atoms in total. The second-order valence-corrected chi connectivity index (χ2v) is 11.8. The molecule has 4 aromatic rings. The number of carbonyl (C=O) groups is 1. The van der Waals surface area contributed by atoms with Crippen molar-refractivity contribution < 1.29 is 22.0 Å². The lowest BCUT2D eigenvalue weighted by atomic mass is 9.98. The van der Waals surface area contributed by atoms with Gasteiger partial charge in [-0.05, 0) is 73.4 Å². The van der Waals surface area contributed by atoms with Crippen LogP contribution in [0.2, 0.25) is 0 Å². The number of sulfonamides is 1. The summed E-state index contributed by atoms with van der Waals surface area (Å²) in [5.41, 5.74) is 2.00. The number of furan rings is 1. The number of aromatic nitrogens is 1. The van der Waals surface area contributed by atoms with E-state index in [9.17, 15) is 17.6 Å². The number of fused-ring (bicyclic) bond motifs is 1. The number of thiazole rings is 1. The highest BCUT2D eigenvalue weighted by Gasteiger charge is 2.36. The Bertz CT molecular complexity index is 1470. The molecule has 0 spiro atoms. The molecule has 1 fully saturated rings. The van der Waals surface area contributed by atoms with E-state index in [-0.39, 0.29) is 23.9 Å². The van der Waals surface area contributed by atoms with Crippen LogP contribution in [-0.2, 0) is 27.8 Å². The Balaban J connectivity index is 1.43. The van der Waals surface area contributed by atoms with Crippen molar-refractivity contribution in [3.8, 4) is 0 Å². The minimum Gasteiger partial charge on any atom is -0.467 e. The molecule has 5 rings (SSSR count). The number of anilines is 1. The summed E-state index contributed by atoms with van der Waals surface area (Å²) in [5.74, 6) is -0.623. The molecule has 188 valence electrons. The SMILES string of the molecule is CCc1ccc2nc(N(Cc3ccco3)C(=O)C3CCCN(S(=O)(=O)c4ccc(F)cc4)C3)sc2c1. The first-order chi connectivity index (χ1) is 17.3. The van der Waals surface area contributed by atoms with E-state index in [1.165, 1.54) is 33.3 Å². The Kier molecular flexibility index (Phi) is 6.92.